The highest BCUT2D eigenvalue weighted by atomic mass is 16.6. The van der Waals surface area contributed by atoms with Gasteiger partial charge >= 0.3 is 5.69 Å². The number of amides is 2. The molecule has 2 amide bonds. The Kier molecular flexibility index (Phi) is 7.32. The van der Waals surface area contributed by atoms with E-state index in [0.29, 0.717) is 32.7 Å². The van der Waals surface area contributed by atoms with Crippen LogP contribution in [0.25, 0.3) is 6.08 Å². The zero-order valence-corrected chi connectivity index (χ0v) is 16.7. The topological polar surface area (TPSA) is 151 Å². The molecular weight excluding hydrogens is 394 g/mol. The van der Waals surface area contributed by atoms with Gasteiger partial charge in [-0.2, -0.15) is 5.26 Å². The summed E-state index contributed by atoms with van der Waals surface area (Å²) in [5.41, 5.74) is -0.946. The van der Waals surface area contributed by atoms with Crippen molar-refractivity contribution in [3.05, 3.63) is 33.4 Å². The van der Waals surface area contributed by atoms with E-state index in [4.69, 9.17) is 0 Å². The van der Waals surface area contributed by atoms with Gasteiger partial charge in [-0.15, -0.1) is 0 Å². The van der Waals surface area contributed by atoms with Gasteiger partial charge in [-0.05, 0) is 31.7 Å². The maximum Gasteiger partial charge on any atom is 0.315 e. The first-order valence-electron chi connectivity index (χ1n) is 9.22. The molecule has 1 aromatic rings. The quantitative estimate of drug-likeness (QED) is 0.147. The molecule has 30 heavy (non-hydrogen) atoms. The van der Waals surface area contributed by atoms with E-state index in [0.717, 1.165) is 24.6 Å². The van der Waals surface area contributed by atoms with E-state index in [-0.39, 0.29) is 17.2 Å². The van der Waals surface area contributed by atoms with Crippen molar-refractivity contribution in [3.8, 4) is 17.6 Å². The van der Waals surface area contributed by atoms with Gasteiger partial charge in [0.05, 0.1) is 4.92 Å². The Hall–Kier alpha value is -3.65. The minimum atomic E-state index is -0.885. The molecule has 1 heterocycles. The van der Waals surface area contributed by atoms with Crippen LogP contribution in [-0.2, 0) is 9.59 Å². The molecule has 1 aliphatic rings. The summed E-state index contributed by atoms with van der Waals surface area (Å²) in [6, 6.07) is 4.01. The van der Waals surface area contributed by atoms with Crippen molar-refractivity contribution >= 4 is 24.1 Å². The summed E-state index contributed by atoms with van der Waals surface area (Å²) in [6.07, 6.45) is 1.93. The SMILES string of the molecule is CCN(CCN(C)C1CN(C=O)C1)C(=O)/C(C#N)=C/c1cc(O)c(O)c([N+](=O)[O-])c1. The predicted octanol–water partition coefficient (Wildman–Crippen LogP) is 0.534. The fraction of sp³-hybridized carbons (Fsp3) is 0.421. The van der Waals surface area contributed by atoms with E-state index in [1.807, 2.05) is 11.9 Å². The van der Waals surface area contributed by atoms with E-state index in [1.165, 1.54) is 4.90 Å². The number of nitrogens with zero attached hydrogens (tertiary/aromatic N) is 5. The number of phenolic OH excluding ortho intramolecular Hbond substituents is 2. The molecule has 0 atom stereocenters. The maximum atomic E-state index is 12.8. The number of likely N-dealkylation sites (tertiary alicyclic amines) is 1. The lowest BCUT2D eigenvalue weighted by Gasteiger charge is -2.42. The number of phenols is 2. The van der Waals surface area contributed by atoms with Crippen LogP contribution in [0.2, 0.25) is 0 Å². The van der Waals surface area contributed by atoms with Crippen LogP contribution in [0.4, 0.5) is 5.69 Å². The van der Waals surface area contributed by atoms with E-state index in [9.17, 15) is 35.2 Å². The van der Waals surface area contributed by atoms with Crippen molar-refractivity contribution < 1.29 is 24.7 Å². The van der Waals surface area contributed by atoms with Crippen LogP contribution in [0.5, 0.6) is 11.5 Å². The molecule has 1 aromatic carbocycles. The van der Waals surface area contributed by atoms with Crippen molar-refractivity contribution in [2.24, 2.45) is 0 Å². The average molecular weight is 417 g/mol. The molecule has 0 saturated carbocycles. The van der Waals surface area contributed by atoms with Crippen LogP contribution < -0.4 is 0 Å². The lowest BCUT2D eigenvalue weighted by atomic mass is 10.1. The number of hydrogen-bond acceptors (Lipinski definition) is 8. The van der Waals surface area contributed by atoms with Crippen LogP contribution >= 0.6 is 0 Å². The number of nitro groups is 1. The third-order valence-electron chi connectivity index (χ3n) is 5.01. The molecule has 0 bridgehead atoms. The minimum Gasteiger partial charge on any atom is -0.504 e. The Morgan fingerprint density at radius 2 is 2.07 bits per heavy atom. The van der Waals surface area contributed by atoms with Crippen LogP contribution in [-0.4, -0.2) is 88.0 Å². The highest BCUT2D eigenvalue weighted by Gasteiger charge is 2.29. The third kappa shape index (κ3) is 5.03. The van der Waals surface area contributed by atoms with Gasteiger partial charge in [0.2, 0.25) is 12.2 Å². The average Bonchev–Trinajstić information content (AvgIpc) is 2.67. The first kappa shape index (κ1) is 22.6. The van der Waals surface area contributed by atoms with Gasteiger partial charge in [-0.25, -0.2) is 0 Å². The molecule has 0 aromatic heterocycles. The van der Waals surface area contributed by atoms with Gasteiger partial charge in [0.15, 0.2) is 5.75 Å². The number of carbonyl (C=O) groups is 2. The monoisotopic (exact) mass is 417 g/mol. The summed E-state index contributed by atoms with van der Waals surface area (Å²) in [7, 11) is 1.89. The highest BCUT2D eigenvalue weighted by Crippen LogP contribution is 2.36. The second-order valence-corrected chi connectivity index (χ2v) is 6.91. The Balaban J connectivity index is 2.12. The van der Waals surface area contributed by atoms with Gasteiger partial charge in [0, 0.05) is 44.8 Å². The molecule has 0 radical (unpaired) electrons. The molecule has 1 fully saturated rings. The fourth-order valence-corrected chi connectivity index (χ4v) is 3.04. The number of hydrogen-bond donors (Lipinski definition) is 2. The molecule has 11 nitrogen and oxygen atoms in total. The van der Waals surface area contributed by atoms with Crippen molar-refractivity contribution in [2.75, 3.05) is 39.8 Å². The summed E-state index contributed by atoms with van der Waals surface area (Å²) in [4.78, 5) is 38.7. The standard InChI is InChI=1S/C19H23N5O6/c1-3-23(5-4-21(2)15-10-22(11-15)12-25)19(28)14(9-20)6-13-7-16(24(29)30)18(27)17(26)8-13/h6-8,12,15,26-27H,3-5,10-11H2,1-2H3/b14-6+. The maximum absolute atomic E-state index is 12.8. The van der Waals surface area contributed by atoms with Crippen LogP contribution in [0.3, 0.4) is 0 Å². The molecule has 1 saturated heterocycles. The molecule has 2 N–H and O–H groups in total. The van der Waals surface area contributed by atoms with Crippen molar-refractivity contribution in [1.82, 2.24) is 14.7 Å². The third-order valence-corrected chi connectivity index (χ3v) is 5.01. The second kappa shape index (κ2) is 9.71. The Morgan fingerprint density at radius 1 is 1.40 bits per heavy atom. The minimum absolute atomic E-state index is 0.0403. The summed E-state index contributed by atoms with van der Waals surface area (Å²) in [6.45, 7) is 4.27. The smallest absolute Gasteiger partial charge is 0.315 e. The largest absolute Gasteiger partial charge is 0.504 e. The number of benzene rings is 1. The summed E-state index contributed by atoms with van der Waals surface area (Å²) < 4.78 is 0. The van der Waals surface area contributed by atoms with Gasteiger partial charge in [-0.1, -0.05) is 0 Å². The summed E-state index contributed by atoms with van der Waals surface area (Å²) in [5, 5.41) is 39.6. The van der Waals surface area contributed by atoms with Crippen LogP contribution in [0, 0.1) is 21.4 Å². The molecule has 160 valence electrons. The normalized spacial score (nSPS) is 14.2. The number of carbonyl (C=O) groups excluding carboxylic acids is 2. The zero-order valence-electron chi connectivity index (χ0n) is 16.7. The fourth-order valence-electron chi connectivity index (χ4n) is 3.04. The first-order chi connectivity index (χ1) is 14.2. The van der Waals surface area contributed by atoms with E-state index in [2.05, 4.69) is 0 Å². The molecule has 1 aliphatic heterocycles. The molecule has 0 spiro atoms. The molecule has 2 rings (SSSR count). The Bertz CT molecular complexity index is 903. The number of likely N-dealkylation sites (N-methyl/N-ethyl adjacent to an activating group) is 2. The Morgan fingerprint density at radius 3 is 2.60 bits per heavy atom. The van der Waals surface area contributed by atoms with E-state index >= 15 is 0 Å². The number of nitriles is 1. The van der Waals surface area contributed by atoms with Crippen molar-refractivity contribution in [2.45, 2.75) is 13.0 Å². The summed E-state index contributed by atoms with van der Waals surface area (Å²) >= 11 is 0. The number of aromatic hydroxyl groups is 2. The van der Waals surface area contributed by atoms with Gasteiger partial charge in [0.25, 0.3) is 5.91 Å². The lowest BCUT2D eigenvalue weighted by Crippen LogP contribution is -2.58. The first-order valence-corrected chi connectivity index (χ1v) is 9.22. The van der Waals surface area contributed by atoms with E-state index < -0.39 is 28.0 Å². The van der Waals surface area contributed by atoms with Crippen molar-refractivity contribution in [3.63, 3.8) is 0 Å². The van der Waals surface area contributed by atoms with Crippen LogP contribution in [0.1, 0.15) is 12.5 Å². The van der Waals surface area contributed by atoms with E-state index in [1.54, 1.807) is 17.9 Å². The lowest BCUT2D eigenvalue weighted by molar-refractivity contribution is -0.386. The number of nitro benzene ring substituents is 1. The molecule has 11 heteroatoms. The second-order valence-electron chi connectivity index (χ2n) is 6.91. The number of rotatable bonds is 9. The highest BCUT2D eigenvalue weighted by molar-refractivity contribution is 6.01. The van der Waals surface area contributed by atoms with Crippen LogP contribution in [0.15, 0.2) is 17.7 Å². The van der Waals surface area contributed by atoms with Gasteiger partial charge < -0.3 is 20.0 Å². The Labute approximate surface area is 173 Å². The predicted molar refractivity (Wildman–Crippen MR) is 106 cm³/mol. The molecule has 0 aliphatic carbocycles. The zero-order chi connectivity index (χ0) is 22.4. The summed E-state index contributed by atoms with van der Waals surface area (Å²) in [5.74, 6) is -2.16. The van der Waals surface area contributed by atoms with Gasteiger partial charge in [-0.3, -0.25) is 24.6 Å². The van der Waals surface area contributed by atoms with Gasteiger partial charge in [0.1, 0.15) is 11.6 Å². The molecular formula is C19H23N5O6. The molecule has 0 unspecified atom stereocenters. The van der Waals surface area contributed by atoms with Crippen molar-refractivity contribution in [1.29, 1.82) is 5.26 Å².